The molecule has 0 saturated carbocycles. The number of hydrogen-bond donors (Lipinski definition) is 1. The van der Waals surface area contributed by atoms with Crippen LogP contribution < -0.4 is 5.32 Å². The molecule has 88 valence electrons. The first-order valence-corrected chi connectivity index (χ1v) is 6.28. The van der Waals surface area contributed by atoms with Gasteiger partial charge in [-0.3, -0.25) is 4.98 Å². The van der Waals surface area contributed by atoms with Crippen LogP contribution in [0.2, 0.25) is 0 Å². The van der Waals surface area contributed by atoms with Gasteiger partial charge in [0.15, 0.2) is 0 Å². The van der Waals surface area contributed by atoms with Crippen LogP contribution in [0, 0.1) is 0 Å². The van der Waals surface area contributed by atoms with Gasteiger partial charge in [-0.25, -0.2) is 0 Å². The third kappa shape index (κ3) is 3.91. The average Bonchev–Trinajstić information content (AvgIpc) is 2.83. The lowest BCUT2D eigenvalue weighted by molar-refractivity contribution is 0.336. The summed E-state index contributed by atoms with van der Waals surface area (Å²) < 4.78 is 0. The molecule has 1 aliphatic rings. The topological polar surface area (TPSA) is 28.2 Å². The summed E-state index contributed by atoms with van der Waals surface area (Å²) in [6, 6.07) is 6.10. The Kier molecular flexibility index (Phi) is 4.77. The molecule has 0 amide bonds. The number of nitrogens with zero attached hydrogens (tertiary/aromatic N) is 2. The van der Waals surface area contributed by atoms with E-state index in [1.165, 1.54) is 38.2 Å². The Bertz CT molecular complexity index is 280. The third-order valence-electron chi connectivity index (χ3n) is 3.09. The summed E-state index contributed by atoms with van der Waals surface area (Å²) in [4.78, 5) is 6.84. The van der Waals surface area contributed by atoms with Crippen LogP contribution in [0.15, 0.2) is 24.4 Å². The van der Waals surface area contributed by atoms with Gasteiger partial charge in [-0.1, -0.05) is 6.07 Å². The molecule has 0 aliphatic carbocycles. The monoisotopic (exact) mass is 219 g/mol. The maximum absolute atomic E-state index is 4.30. The average molecular weight is 219 g/mol. The molecule has 0 atom stereocenters. The Labute approximate surface area is 97.9 Å². The molecule has 2 rings (SSSR count). The molecule has 0 spiro atoms. The number of rotatable bonds is 6. The fourth-order valence-electron chi connectivity index (χ4n) is 2.13. The highest BCUT2D eigenvalue weighted by Crippen LogP contribution is 2.05. The highest BCUT2D eigenvalue weighted by Gasteiger charge is 2.09. The van der Waals surface area contributed by atoms with Gasteiger partial charge in [-0.05, 0) is 38.1 Å². The van der Waals surface area contributed by atoms with E-state index in [1.807, 2.05) is 18.3 Å². The Balaban J connectivity index is 1.52. The first-order chi connectivity index (χ1) is 7.95. The molecular weight excluding hydrogens is 198 g/mol. The summed E-state index contributed by atoms with van der Waals surface area (Å²) in [5, 5.41) is 3.48. The molecule has 3 heteroatoms. The van der Waals surface area contributed by atoms with Crippen molar-refractivity contribution in [1.82, 2.24) is 15.2 Å². The standard InChI is InChI=1S/C13H21N3/c1-2-7-15-13(5-1)6-8-14-9-12-16-10-3-4-11-16/h1-2,5,7,14H,3-4,6,8-12H2. The van der Waals surface area contributed by atoms with Gasteiger partial charge in [0, 0.05) is 37.9 Å². The minimum Gasteiger partial charge on any atom is -0.315 e. The first kappa shape index (κ1) is 11.6. The Morgan fingerprint density at radius 1 is 1.19 bits per heavy atom. The van der Waals surface area contributed by atoms with Gasteiger partial charge in [-0.15, -0.1) is 0 Å². The van der Waals surface area contributed by atoms with Crippen molar-refractivity contribution in [3.8, 4) is 0 Å². The smallest absolute Gasteiger partial charge is 0.0416 e. The molecular formula is C13H21N3. The summed E-state index contributed by atoms with van der Waals surface area (Å²) in [6.07, 6.45) is 5.66. The molecule has 1 aromatic rings. The van der Waals surface area contributed by atoms with Crippen molar-refractivity contribution in [3.63, 3.8) is 0 Å². The molecule has 0 unspecified atom stereocenters. The van der Waals surface area contributed by atoms with E-state index in [0.717, 1.165) is 19.5 Å². The number of nitrogens with one attached hydrogen (secondary N) is 1. The van der Waals surface area contributed by atoms with E-state index >= 15 is 0 Å². The third-order valence-corrected chi connectivity index (χ3v) is 3.09. The van der Waals surface area contributed by atoms with Crippen LogP contribution in [0.1, 0.15) is 18.5 Å². The summed E-state index contributed by atoms with van der Waals surface area (Å²) >= 11 is 0. The van der Waals surface area contributed by atoms with Crippen molar-refractivity contribution < 1.29 is 0 Å². The number of pyridine rings is 1. The van der Waals surface area contributed by atoms with E-state index in [2.05, 4.69) is 21.3 Å². The zero-order valence-electron chi connectivity index (χ0n) is 9.86. The van der Waals surface area contributed by atoms with Gasteiger partial charge in [-0.2, -0.15) is 0 Å². The molecule has 1 aliphatic heterocycles. The van der Waals surface area contributed by atoms with E-state index in [-0.39, 0.29) is 0 Å². The van der Waals surface area contributed by atoms with Crippen LogP contribution in [-0.4, -0.2) is 42.6 Å². The van der Waals surface area contributed by atoms with Gasteiger partial charge < -0.3 is 10.2 Å². The van der Waals surface area contributed by atoms with E-state index in [9.17, 15) is 0 Å². The van der Waals surface area contributed by atoms with Gasteiger partial charge >= 0.3 is 0 Å². The lowest BCUT2D eigenvalue weighted by Gasteiger charge is -2.14. The fourth-order valence-corrected chi connectivity index (χ4v) is 2.13. The Hall–Kier alpha value is -0.930. The van der Waals surface area contributed by atoms with E-state index < -0.39 is 0 Å². The molecule has 1 N–H and O–H groups in total. The Morgan fingerprint density at radius 2 is 2.06 bits per heavy atom. The van der Waals surface area contributed by atoms with Crippen molar-refractivity contribution in [2.75, 3.05) is 32.7 Å². The normalized spacial score (nSPS) is 16.8. The summed E-state index contributed by atoms with van der Waals surface area (Å²) in [5.74, 6) is 0. The highest BCUT2D eigenvalue weighted by atomic mass is 15.1. The second-order valence-corrected chi connectivity index (χ2v) is 4.37. The van der Waals surface area contributed by atoms with Crippen molar-refractivity contribution in [1.29, 1.82) is 0 Å². The summed E-state index contributed by atoms with van der Waals surface area (Å²) in [6.45, 7) is 5.92. The molecule has 1 aromatic heterocycles. The zero-order valence-corrected chi connectivity index (χ0v) is 9.86. The minimum absolute atomic E-state index is 1.03. The van der Waals surface area contributed by atoms with Gasteiger partial charge in [0.05, 0.1) is 0 Å². The van der Waals surface area contributed by atoms with Crippen LogP contribution in [0.5, 0.6) is 0 Å². The van der Waals surface area contributed by atoms with E-state index in [0.29, 0.717) is 0 Å². The summed E-state index contributed by atoms with van der Waals surface area (Å²) in [7, 11) is 0. The largest absolute Gasteiger partial charge is 0.315 e. The molecule has 0 radical (unpaired) electrons. The SMILES string of the molecule is c1ccc(CCNCCN2CCCC2)nc1. The predicted molar refractivity (Wildman–Crippen MR) is 66.5 cm³/mol. The second-order valence-electron chi connectivity index (χ2n) is 4.37. The van der Waals surface area contributed by atoms with Crippen molar-refractivity contribution >= 4 is 0 Å². The minimum atomic E-state index is 1.03. The van der Waals surface area contributed by atoms with Crippen LogP contribution in [0.25, 0.3) is 0 Å². The maximum atomic E-state index is 4.30. The lowest BCUT2D eigenvalue weighted by Crippen LogP contribution is -2.31. The fraction of sp³-hybridized carbons (Fsp3) is 0.615. The maximum Gasteiger partial charge on any atom is 0.0416 e. The van der Waals surface area contributed by atoms with Crippen LogP contribution in [-0.2, 0) is 6.42 Å². The quantitative estimate of drug-likeness (QED) is 0.731. The van der Waals surface area contributed by atoms with Crippen LogP contribution in [0.3, 0.4) is 0 Å². The number of likely N-dealkylation sites (tertiary alicyclic amines) is 1. The highest BCUT2D eigenvalue weighted by molar-refractivity contribution is 5.03. The molecule has 1 saturated heterocycles. The van der Waals surface area contributed by atoms with Gasteiger partial charge in [0.25, 0.3) is 0 Å². The molecule has 2 heterocycles. The Morgan fingerprint density at radius 3 is 2.81 bits per heavy atom. The van der Waals surface area contributed by atoms with Gasteiger partial charge in [0.2, 0.25) is 0 Å². The van der Waals surface area contributed by atoms with Crippen molar-refractivity contribution in [2.24, 2.45) is 0 Å². The molecule has 1 fully saturated rings. The predicted octanol–water partition coefficient (Wildman–Crippen LogP) is 1.31. The summed E-state index contributed by atoms with van der Waals surface area (Å²) in [5.41, 5.74) is 1.18. The zero-order chi connectivity index (χ0) is 11.1. The number of aromatic nitrogens is 1. The van der Waals surface area contributed by atoms with E-state index in [1.54, 1.807) is 0 Å². The lowest BCUT2D eigenvalue weighted by atomic mass is 10.3. The first-order valence-electron chi connectivity index (χ1n) is 6.28. The van der Waals surface area contributed by atoms with Gasteiger partial charge in [0.1, 0.15) is 0 Å². The molecule has 16 heavy (non-hydrogen) atoms. The molecule has 3 nitrogen and oxygen atoms in total. The van der Waals surface area contributed by atoms with Crippen LogP contribution in [0.4, 0.5) is 0 Å². The van der Waals surface area contributed by atoms with Crippen molar-refractivity contribution in [2.45, 2.75) is 19.3 Å². The second kappa shape index (κ2) is 6.61. The molecule has 0 bridgehead atoms. The molecule has 0 aromatic carbocycles. The van der Waals surface area contributed by atoms with E-state index in [4.69, 9.17) is 0 Å². The van der Waals surface area contributed by atoms with Crippen LogP contribution >= 0.6 is 0 Å². The van der Waals surface area contributed by atoms with Crippen molar-refractivity contribution in [3.05, 3.63) is 30.1 Å². The number of hydrogen-bond acceptors (Lipinski definition) is 3.